The third-order valence-corrected chi connectivity index (χ3v) is 1.98. The number of hydrogen-bond donors (Lipinski definition) is 2. The fraction of sp³-hybridized carbons (Fsp3) is 0.333. The lowest BCUT2D eigenvalue weighted by Gasteiger charge is -2.09. The van der Waals surface area contributed by atoms with Crippen LogP contribution in [0.2, 0.25) is 0 Å². The summed E-state index contributed by atoms with van der Waals surface area (Å²) in [6.07, 6.45) is -0.863. The van der Waals surface area contributed by atoms with Crippen LogP contribution in [-0.4, -0.2) is 22.2 Å². The van der Waals surface area contributed by atoms with Crippen molar-refractivity contribution in [2.45, 2.75) is 13.0 Å². The van der Waals surface area contributed by atoms with E-state index in [4.69, 9.17) is 4.74 Å². The van der Waals surface area contributed by atoms with Crippen LogP contribution >= 0.6 is 0 Å². The van der Waals surface area contributed by atoms with Crippen LogP contribution in [0.5, 0.6) is 11.5 Å². The quantitative estimate of drug-likeness (QED) is 0.584. The van der Waals surface area contributed by atoms with Gasteiger partial charge >= 0.3 is 5.69 Å². The van der Waals surface area contributed by atoms with Gasteiger partial charge in [0.1, 0.15) is 0 Å². The maximum absolute atomic E-state index is 10.6. The van der Waals surface area contributed by atoms with E-state index in [1.54, 1.807) is 0 Å². The number of nitro groups is 1. The largest absolute Gasteiger partial charge is 0.500 e. The van der Waals surface area contributed by atoms with Gasteiger partial charge in [-0.25, -0.2) is 0 Å². The minimum absolute atomic E-state index is 0.0277. The van der Waals surface area contributed by atoms with E-state index in [1.807, 2.05) is 0 Å². The molecule has 6 heteroatoms. The van der Waals surface area contributed by atoms with Crippen molar-refractivity contribution >= 4 is 5.69 Å². The maximum atomic E-state index is 10.6. The molecule has 15 heavy (non-hydrogen) atoms. The molecule has 1 aromatic carbocycles. The number of nitro benzene ring substituents is 1. The number of hydrogen-bond acceptors (Lipinski definition) is 5. The molecule has 1 atom stereocenters. The normalized spacial score (nSPS) is 12.2. The number of rotatable bonds is 3. The van der Waals surface area contributed by atoms with E-state index < -0.39 is 22.5 Å². The molecule has 1 aromatic rings. The molecule has 0 fully saturated rings. The Balaban J connectivity index is 3.38. The lowest BCUT2D eigenvalue weighted by atomic mass is 10.1. The molecular formula is C9H11NO5. The van der Waals surface area contributed by atoms with Crippen LogP contribution in [0.4, 0.5) is 5.69 Å². The van der Waals surface area contributed by atoms with Crippen LogP contribution in [0.25, 0.3) is 0 Å². The van der Waals surface area contributed by atoms with Gasteiger partial charge < -0.3 is 14.9 Å². The van der Waals surface area contributed by atoms with E-state index in [0.717, 1.165) is 6.07 Å². The van der Waals surface area contributed by atoms with Crippen LogP contribution in [0.3, 0.4) is 0 Å². The van der Waals surface area contributed by atoms with Gasteiger partial charge in [0.15, 0.2) is 5.75 Å². The van der Waals surface area contributed by atoms with Crippen molar-refractivity contribution in [3.8, 4) is 11.5 Å². The Labute approximate surface area is 85.9 Å². The number of benzene rings is 1. The van der Waals surface area contributed by atoms with E-state index in [0.29, 0.717) is 5.56 Å². The summed E-state index contributed by atoms with van der Waals surface area (Å²) in [5.41, 5.74) is -0.165. The number of phenolic OH excluding ortho intramolecular Hbond substituents is 1. The van der Waals surface area contributed by atoms with Crippen LogP contribution in [-0.2, 0) is 0 Å². The van der Waals surface area contributed by atoms with Gasteiger partial charge in [-0.3, -0.25) is 10.1 Å². The van der Waals surface area contributed by atoms with Crippen LogP contribution in [0.15, 0.2) is 12.1 Å². The second kappa shape index (κ2) is 4.14. The molecule has 0 heterocycles. The Morgan fingerprint density at radius 3 is 2.53 bits per heavy atom. The van der Waals surface area contributed by atoms with Crippen molar-refractivity contribution in [3.05, 3.63) is 27.8 Å². The Morgan fingerprint density at radius 1 is 1.53 bits per heavy atom. The van der Waals surface area contributed by atoms with E-state index in [-0.39, 0.29) is 5.75 Å². The van der Waals surface area contributed by atoms with Gasteiger partial charge in [-0.05, 0) is 18.6 Å². The lowest BCUT2D eigenvalue weighted by Crippen LogP contribution is -1.97. The second-order valence-corrected chi connectivity index (χ2v) is 3.02. The molecule has 1 rings (SSSR count). The molecule has 0 aliphatic carbocycles. The van der Waals surface area contributed by atoms with Gasteiger partial charge in [-0.1, -0.05) is 0 Å². The number of methoxy groups -OCH3 is 1. The highest BCUT2D eigenvalue weighted by Crippen LogP contribution is 2.38. The summed E-state index contributed by atoms with van der Waals surface area (Å²) < 4.78 is 4.76. The van der Waals surface area contributed by atoms with E-state index in [9.17, 15) is 20.3 Å². The summed E-state index contributed by atoms with van der Waals surface area (Å²) in [6.45, 7) is 1.47. The molecule has 0 radical (unpaired) electrons. The van der Waals surface area contributed by atoms with Crippen molar-refractivity contribution < 1.29 is 19.9 Å². The van der Waals surface area contributed by atoms with Gasteiger partial charge in [-0.2, -0.15) is 0 Å². The summed E-state index contributed by atoms with van der Waals surface area (Å²) in [4.78, 5) is 9.84. The molecule has 6 nitrogen and oxygen atoms in total. The van der Waals surface area contributed by atoms with Crippen molar-refractivity contribution in [1.82, 2.24) is 0 Å². The number of aliphatic hydroxyl groups excluding tert-OH is 1. The number of ether oxygens (including phenoxy) is 1. The minimum atomic E-state index is -0.863. The molecule has 0 bridgehead atoms. The lowest BCUT2D eigenvalue weighted by molar-refractivity contribution is -0.386. The molecule has 2 N–H and O–H groups in total. The average molecular weight is 213 g/mol. The zero-order valence-corrected chi connectivity index (χ0v) is 8.30. The first-order valence-electron chi connectivity index (χ1n) is 4.20. The molecule has 0 amide bonds. The molecule has 1 unspecified atom stereocenters. The second-order valence-electron chi connectivity index (χ2n) is 3.02. The fourth-order valence-electron chi connectivity index (χ4n) is 1.15. The molecule has 0 aromatic heterocycles. The summed E-state index contributed by atoms with van der Waals surface area (Å²) in [7, 11) is 1.28. The molecule has 0 saturated heterocycles. The predicted octanol–water partition coefficient (Wildman–Crippen LogP) is 1.36. The van der Waals surface area contributed by atoms with E-state index in [2.05, 4.69) is 0 Å². The number of aromatic hydroxyl groups is 1. The molecular weight excluding hydrogens is 202 g/mol. The van der Waals surface area contributed by atoms with Gasteiger partial charge in [-0.15, -0.1) is 0 Å². The highest BCUT2D eigenvalue weighted by Gasteiger charge is 2.20. The van der Waals surface area contributed by atoms with E-state index in [1.165, 1.54) is 20.1 Å². The predicted molar refractivity (Wildman–Crippen MR) is 51.9 cm³/mol. The minimum Gasteiger partial charge on any atom is -0.500 e. The molecule has 82 valence electrons. The summed E-state index contributed by atoms with van der Waals surface area (Å²) in [5, 5.41) is 29.3. The van der Waals surface area contributed by atoms with Crippen LogP contribution in [0.1, 0.15) is 18.6 Å². The Kier molecular flexibility index (Phi) is 3.11. The van der Waals surface area contributed by atoms with Crippen molar-refractivity contribution in [2.24, 2.45) is 0 Å². The van der Waals surface area contributed by atoms with Gasteiger partial charge in [0, 0.05) is 6.07 Å². The molecule has 0 spiro atoms. The van der Waals surface area contributed by atoms with Crippen molar-refractivity contribution in [2.75, 3.05) is 7.11 Å². The summed E-state index contributed by atoms with van der Waals surface area (Å²) in [5.74, 6) is -0.563. The van der Waals surface area contributed by atoms with Crippen molar-refractivity contribution in [3.63, 3.8) is 0 Å². The first-order chi connectivity index (χ1) is 6.97. The third-order valence-electron chi connectivity index (χ3n) is 1.98. The number of phenols is 1. The average Bonchev–Trinajstić information content (AvgIpc) is 2.17. The number of nitrogens with zero attached hydrogens (tertiary/aromatic N) is 1. The van der Waals surface area contributed by atoms with Gasteiger partial charge in [0.2, 0.25) is 5.75 Å². The molecule has 0 saturated carbocycles. The van der Waals surface area contributed by atoms with Gasteiger partial charge in [0.25, 0.3) is 0 Å². The summed E-state index contributed by atoms with van der Waals surface area (Å²) in [6, 6.07) is 2.47. The van der Waals surface area contributed by atoms with Crippen LogP contribution < -0.4 is 4.74 Å². The highest BCUT2D eigenvalue weighted by atomic mass is 16.6. The van der Waals surface area contributed by atoms with Gasteiger partial charge in [0.05, 0.1) is 18.1 Å². The van der Waals surface area contributed by atoms with Crippen molar-refractivity contribution in [1.29, 1.82) is 0 Å². The van der Waals surface area contributed by atoms with E-state index >= 15 is 0 Å². The summed E-state index contributed by atoms with van der Waals surface area (Å²) >= 11 is 0. The van der Waals surface area contributed by atoms with Crippen LogP contribution in [0, 0.1) is 10.1 Å². The fourth-order valence-corrected chi connectivity index (χ4v) is 1.15. The monoisotopic (exact) mass is 213 g/mol. The SMILES string of the molecule is COc1cc(C(C)O)cc([N+](=O)[O-])c1O. The topological polar surface area (TPSA) is 92.8 Å². The zero-order chi connectivity index (χ0) is 11.6. The zero-order valence-electron chi connectivity index (χ0n) is 8.30. The Hall–Kier alpha value is -1.82. The first-order valence-corrected chi connectivity index (χ1v) is 4.20. The standard InChI is InChI=1S/C9H11NO5/c1-5(11)6-3-7(10(13)14)9(12)8(4-6)15-2/h3-5,11-12H,1-2H3. The molecule has 0 aliphatic rings. The first kappa shape index (κ1) is 11.3. The maximum Gasteiger partial charge on any atom is 0.315 e. The number of aliphatic hydroxyl groups is 1. The smallest absolute Gasteiger partial charge is 0.315 e. The Morgan fingerprint density at radius 2 is 2.13 bits per heavy atom. The highest BCUT2D eigenvalue weighted by molar-refractivity contribution is 5.57. The molecule has 0 aliphatic heterocycles. The third kappa shape index (κ3) is 2.16. The Bertz CT molecular complexity index is 388.